The highest BCUT2D eigenvalue weighted by Gasteiger charge is 2.24. The van der Waals surface area contributed by atoms with Crippen LogP contribution in [0.2, 0.25) is 5.02 Å². The molecule has 0 saturated carbocycles. The number of nitrogens with zero attached hydrogens (tertiary/aromatic N) is 3. The van der Waals surface area contributed by atoms with Crippen molar-refractivity contribution in [2.45, 2.75) is 13.3 Å². The van der Waals surface area contributed by atoms with Crippen molar-refractivity contribution < 1.29 is 14.6 Å². The third kappa shape index (κ3) is 3.99. The number of nitrogens with one attached hydrogen (secondary N) is 1. The number of halogens is 1. The molecule has 31 heavy (non-hydrogen) atoms. The molecule has 0 unspecified atom stereocenters. The Morgan fingerprint density at radius 1 is 1.29 bits per heavy atom. The van der Waals surface area contributed by atoms with E-state index in [2.05, 4.69) is 10.3 Å². The van der Waals surface area contributed by atoms with Gasteiger partial charge in [0.2, 0.25) is 0 Å². The number of carboxylic acids is 1. The number of benzene rings is 2. The Morgan fingerprint density at radius 2 is 2.10 bits per heavy atom. The van der Waals surface area contributed by atoms with Crippen LogP contribution < -0.4 is 10.1 Å². The number of thiazole rings is 1. The van der Waals surface area contributed by atoms with Crippen LogP contribution in [0.25, 0.3) is 16.3 Å². The minimum absolute atomic E-state index is 0.0587. The molecule has 4 aromatic rings. The molecule has 0 spiro atoms. The average Bonchev–Trinajstić information content (AvgIpc) is 3.42. The van der Waals surface area contributed by atoms with Crippen molar-refractivity contribution in [1.29, 1.82) is 0 Å². The summed E-state index contributed by atoms with van der Waals surface area (Å²) < 4.78 is 7.27. The zero-order valence-corrected chi connectivity index (χ0v) is 18.4. The van der Waals surface area contributed by atoms with E-state index in [0.717, 1.165) is 22.0 Å². The van der Waals surface area contributed by atoms with Gasteiger partial charge in [-0.2, -0.15) is 5.10 Å². The number of hydrogen-bond acceptors (Lipinski definition) is 6. The van der Waals surface area contributed by atoms with Gasteiger partial charge in [-0.25, -0.2) is 14.5 Å². The summed E-state index contributed by atoms with van der Waals surface area (Å²) in [5, 5.41) is 20.8. The molecule has 2 heterocycles. The molecule has 0 aliphatic carbocycles. The standard InChI is InChI=1S/C22H19ClN4O3S/c1-3-15-19(21-24-10-11-31-21)20(25-16-9-8-13(23)12-14(16)22(28)29)27(26-15)17-6-4-5-7-18(17)30-2/h4-12,25H,3H2,1-2H3,(H,28,29). The van der Waals surface area contributed by atoms with Crippen molar-refractivity contribution in [3.63, 3.8) is 0 Å². The maximum absolute atomic E-state index is 11.8. The smallest absolute Gasteiger partial charge is 0.337 e. The van der Waals surface area contributed by atoms with Crippen LogP contribution in [-0.4, -0.2) is 33.0 Å². The van der Waals surface area contributed by atoms with Crippen LogP contribution in [0.5, 0.6) is 5.75 Å². The molecular weight excluding hydrogens is 436 g/mol. The van der Waals surface area contributed by atoms with Gasteiger partial charge in [0.25, 0.3) is 0 Å². The van der Waals surface area contributed by atoms with E-state index < -0.39 is 5.97 Å². The summed E-state index contributed by atoms with van der Waals surface area (Å²) in [5.74, 6) is 0.150. The van der Waals surface area contributed by atoms with E-state index in [9.17, 15) is 9.90 Å². The zero-order chi connectivity index (χ0) is 22.0. The monoisotopic (exact) mass is 454 g/mol. The number of hydrogen-bond donors (Lipinski definition) is 2. The molecular formula is C22H19ClN4O3S. The molecule has 4 rings (SSSR count). The van der Waals surface area contributed by atoms with Crippen molar-refractivity contribution >= 4 is 40.4 Å². The van der Waals surface area contributed by atoms with E-state index in [0.29, 0.717) is 28.7 Å². The van der Waals surface area contributed by atoms with Gasteiger partial charge >= 0.3 is 5.97 Å². The van der Waals surface area contributed by atoms with Gasteiger partial charge in [0.1, 0.15) is 22.3 Å². The van der Waals surface area contributed by atoms with E-state index in [4.69, 9.17) is 21.4 Å². The molecule has 0 radical (unpaired) electrons. The number of aromatic nitrogens is 3. The number of ether oxygens (including phenoxy) is 1. The van der Waals surface area contributed by atoms with Crippen molar-refractivity contribution in [2.24, 2.45) is 0 Å². The molecule has 0 atom stereocenters. The minimum atomic E-state index is -1.08. The van der Waals surface area contributed by atoms with Crippen LogP contribution in [0.15, 0.2) is 54.0 Å². The van der Waals surface area contributed by atoms with E-state index >= 15 is 0 Å². The summed E-state index contributed by atoms with van der Waals surface area (Å²) in [7, 11) is 1.60. The molecule has 2 aromatic carbocycles. The maximum atomic E-state index is 11.8. The lowest BCUT2D eigenvalue weighted by Crippen LogP contribution is -2.08. The van der Waals surface area contributed by atoms with Crippen molar-refractivity contribution in [3.8, 4) is 22.0 Å². The summed E-state index contributed by atoms with van der Waals surface area (Å²) >= 11 is 7.52. The van der Waals surface area contributed by atoms with Crippen molar-refractivity contribution in [3.05, 3.63) is 70.3 Å². The average molecular weight is 455 g/mol. The molecule has 158 valence electrons. The number of rotatable bonds is 7. The number of aryl methyl sites for hydroxylation is 1. The molecule has 0 amide bonds. The van der Waals surface area contributed by atoms with E-state index in [-0.39, 0.29) is 5.56 Å². The molecule has 0 aliphatic rings. The van der Waals surface area contributed by atoms with Gasteiger partial charge in [-0.1, -0.05) is 30.7 Å². The van der Waals surface area contributed by atoms with Gasteiger partial charge < -0.3 is 15.2 Å². The lowest BCUT2D eigenvalue weighted by atomic mass is 10.1. The van der Waals surface area contributed by atoms with Gasteiger partial charge in [0, 0.05) is 16.6 Å². The van der Waals surface area contributed by atoms with Crippen LogP contribution in [0.1, 0.15) is 23.0 Å². The Balaban J connectivity index is 1.98. The largest absolute Gasteiger partial charge is 0.494 e. The Hall–Kier alpha value is -3.36. The quantitative estimate of drug-likeness (QED) is 0.374. The Morgan fingerprint density at radius 3 is 2.77 bits per heavy atom. The van der Waals surface area contributed by atoms with E-state index in [1.54, 1.807) is 30.1 Å². The first-order valence-corrected chi connectivity index (χ1v) is 10.7. The van der Waals surface area contributed by atoms with Crippen LogP contribution in [0, 0.1) is 0 Å². The predicted molar refractivity (Wildman–Crippen MR) is 122 cm³/mol. The predicted octanol–water partition coefficient (Wildman–Crippen LogP) is 5.66. The molecule has 0 saturated heterocycles. The zero-order valence-electron chi connectivity index (χ0n) is 16.8. The molecule has 2 aromatic heterocycles. The first-order valence-electron chi connectivity index (χ1n) is 9.48. The second-order valence-electron chi connectivity index (χ2n) is 6.56. The second-order valence-corrected chi connectivity index (χ2v) is 7.90. The van der Waals surface area contributed by atoms with E-state index in [1.165, 1.54) is 17.4 Å². The van der Waals surface area contributed by atoms with Crippen LogP contribution in [-0.2, 0) is 6.42 Å². The lowest BCUT2D eigenvalue weighted by Gasteiger charge is -2.15. The fraction of sp³-hybridized carbons (Fsp3) is 0.136. The van der Waals surface area contributed by atoms with Gasteiger partial charge in [-0.15, -0.1) is 11.3 Å². The number of para-hydroxylation sites is 2. The molecule has 9 heteroatoms. The highest BCUT2D eigenvalue weighted by molar-refractivity contribution is 7.13. The fourth-order valence-corrected chi connectivity index (χ4v) is 4.18. The molecule has 7 nitrogen and oxygen atoms in total. The minimum Gasteiger partial charge on any atom is -0.494 e. The number of carbonyl (C=O) groups is 1. The Labute approximate surface area is 187 Å². The summed E-state index contributed by atoms with van der Waals surface area (Å²) in [5.41, 5.74) is 2.82. The topological polar surface area (TPSA) is 89.3 Å². The number of carboxylic acid groups (broad SMARTS) is 1. The third-order valence-electron chi connectivity index (χ3n) is 4.72. The van der Waals surface area contributed by atoms with Gasteiger partial charge in [-0.05, 0) is 36.8 Å². The fourth-order valence-electron chi connectivity index (χ4n) is 3.31. The molecule has 0 fully saturated rings. The SMILES string of the molecule is CCc1nn(-c2ccccc2OC)c(Nc2ccc(Cl)cc2C(=O)O)c1-c1nccs1. The highest BCUT2D eigenvalue weighted by atomic mass is 35.5. The first-order chi connectivity index (χ1) is 15.0. The number of anilines is 2. The summed E-state index contributed by atoms with van der Waals surface area (Å²) in [4.78, 5) is 16.3. The van der Waals surface area contributed by atoms with Crippen molar-refractivity contribution in [2.75, 3.05) is 12.4 Å². The number of aromatic carboxylic acids is 1. The highest BCUT2D eigenvalue weighted by Crippen LogP contribution is 2.39. The van der Waals surface area contributed by atoms with Crippen molar-refractivity contribution in [1.82, 2.24) is 14.8 Å². The Kier molecular flexibility index (Phi) is 5.92. The second kappa shape index (κ2) is 8.79. The Bertz CT molecular complexity index is 1240. The van der Waals surface area contributed by atoms with Crippen LogP contribution in [0.3, 0.4) is 0 Å². The summed E-state index contributed by atoms with van der Waals surface area (Å²) in [6.07, 6.45) is 2.40. The van der Waals surface area contributed by atoms with Gasteiger partial charge in [0.15, 0.2) is 0 Å². The molecule has 2 N–H and O–H groups in total. The van der Waals surface area contributed by atoms with E-state index in [1.807, 2.05) is 36.6 Å². The first kappa shape index (κ1) is 20.9. The van der Waals surface area contributed by atoms with Crippen LogP contribution >= 0.6 is 22.9 Å². The molecule has 0 aliphatic heterocycles. The van der Waals surface area contributed by atoms with Crippen LogP contribution in [0.4, 0.5) is 11.5 Å². The summed E-state index contributed by atoms with van der Waals surface area (Å²) in [6.45, 7) is 2.01. The third-order valence-corrected chi connectivity index (χ3v) is 5.74. The van der Waals surface area contributed by atoms with Gasteiger partial charge in [-0.3, -0.25) is 0 Å². The van der Waals surface area contributed by atoms with Gasteiger partial charge in [0.05, 0.1) is 29.6 Å². The molecule has 0 bridgehead atoms. The lowest BCUT2D eigenvalue weighted by molar-refractivity contribution is 0.0698. The normalized spacial score (nSPS) is 10.8. The maximum Gasteiger partial charge on any atom is 0.337 e. The number of methoxy groups -OCH3 is 1. The summed E-state index contributed by atoms with van der Waals surface area (Å²) in [6, 6.07) is 12.2.